The monoisotopic (exact) mass is 556 g/mol. The molecular formula is C25H18BrClN2O4S. The van der Waals surface area contributed by atoms with Crippen molar-refractivity contribution in [2.45, 2.75) is 13.0 Å². The summed E-state index contributed by atoms with van der Waals surface area (Å²) >= 11 is 11.0. The van der Waals surface area contributed by atoms with Crippen molar-refractivity contribution in [1.82, 2.24) is 5.43 Å². The SMILES string of the molecule is CC(Oc1ccc(Br)cc1)C(=O)NN=Cc1ccccc1OC(=O)c1sc2ccccc2c1Cl. The predicted molar refractivity (Wildman–Crippen MR) is 138 cm³/mol. The Morgan fingerprint density at radius 3 is 2.53 bits per heavy atom. The summed E-state index contributed by atoms with van der Waals surface area (Å²) < 4.78 is 13.0. The summed E-state index contributed by atoms with van der Waals surface area (Å²) in [6.07, 6.45) is 0.640. The molecule has 0 aliphatic heterocycles. The Morgan fingerprint density at radius 1 is 1.06 bits per heavy atom. The summed E-state index contributed by atoms with van der Waals surface area (Å²) in [4.78, 5) is 25.4. The van der Waals surface area contributed by atoms with Crippen LogP contribution >= 0.6 is 38.9 Å². The topological polar surface area (TPSA) is 77.0 Å². The Hall–Kier alpha value is -3.20. The van der Waals surface area contributed by atoms with E-state index in [9.17, 15) is 9.59 Å². The molecule has 1 aromatic heterocycles. The van der Waals surface area contributed by atoms with E-state index in [1.165, 1.54) is 17.6 Å². The van der Waals surface area contributed by atoms with Gasteiger partial charge >= 0.3 is 5.97 Å². The zero-order valence-electron chi connectivity index (χ0n) is 17.8. The number of thiophene rings is 1. The fourth-order valence-electron chi connectivity index (χ4n) is 3.00. The number of fused-ring (bicyclic) bond motifs is 1. The number of hydrogen-bond acceptors (Lipinski definition) is 6. The standard InChI is InChI=1S/C25H18BrClN2O4S/c1-15(32-18-12-10-17(26)11-13-18)24(30)29-28-14-16-6-2-4-8-20(16)33-25(31)23-22(27)19-7-3-5-9-21(19)34-23/h2-15H,1H3,(H,29,30). The number of carbonyl (C=O) groups excluding carboxylic acids is 2. The first kappa shape index (κ1) is 23.9. The lowest BCUT2D eigenvalue weighted by Crippen LogP contribution is -2.33. The van der Waals surface area contributed by atoms with Gasteiger partial charge in [0.25, 0.3) is 5.91 Å². The number of ether oxygens (including phenoxy) is 2. The van der Waals surface area contributed by atoms with Crippen LogP contribution in [-0.4, -0.2) is 24.2 Å². The van der Waals surface area contributed by atoms with Crippen LogP contribution in [0.4, 0.5) is 0 Å². The molecule has 4 aromatic rings. The van der Waals surface area contributed by atoms with Crippen molar-refractivity contribution >= 4 is 67.0 Å². The Morgan fingerprint density at radius 2 is 1.76 bits per heavy atom. The lowest BCUT2D eigenvalue weighted by Gasteiger charge is -2.13. The third-order valence-electron chi connectivity index (χ3n) is 4.72. The maximum Gasteiger partial charge on any atom is 0.355 e. The molecular weight excluding hydrogens is 540 g/mol. The molecule has 9 heteroatoms. The molecule has 172 valence electrons. The van der Waals surface area contributed by atoms with Crippen LogP contribution < -0.4 is 14.9 Å². The second-order valence-electron chi connectivity index (χ2n) is 7.12. The largest absolute Gasteiger partial charge is 0.481 e. The highest BCUT2D eigenvalue weighted by Crippen LogP contribution is 2.36. The summed E-state index contributed by atoms with van der Waals surface area (Å²) in [5.41, 5.74) is 2.95. The predicted octanol–water partition coefficient (Wildman–Crippen LogP) is 6.45. The normalized spacial score (nSPS) is 12.0. The summed E-state index contributed by atoms with van der Waals surface area (Å²) in [6.45, 7) is 1.62. The van der Waals surface area contributed by atoms with E-state index in [0.717, 1.165) is 14.6 Å². The maximum absolute atomic E-state index is 12.8. The molecule has 0 aliphatic rings. The van der Waals surface area contributed by atoms with Gasteiger partial charge in [0, 0.05) is 20.1 Å². The minimum Gasteiger partial charge on any atom is -0.481 e. The Bertz CT molecular complexity index is 1370. The van der Waals surface area contributed by atoms with E-state index in [-0.39, 0.29) is 5.75 Å². The van der Waals surface area contributed by atoms with Crippen LogP contribution in [0, 0.1) is 0 Å². The molecule has 0 saturated heterocycles. The van der Waals surface area contributed by atoms with Crippen LogP contribution in [0.5, 0.6) is 11.5 Å². The van der Waals surface area contributed by atoms with Gasteiger partial charge in [0.1, 0.15) is 16.4 Å². The number of benzene rings is 3. The molecule has 1 amide bonds. The number of hydrazone groups is 1. The van der Waals surface area contributed by atoms with Crippen molar-refractivity contribution in [3.05, 3.63) is 92.7 Å². The molecule has 1 heterocycles. The fraction of sp³-hybridized carbons (Fsp3) is 0.0800. The van der Waals surface area contributed by atoms with Gasteiger partial charge in [-0.2, -0.15) is 5.10 Å². The number of halogens is 2. The van der Waals surface area contributed by atoms with Gasteiger partial charge in [0.2, 0.25) is 0 Å². The minimum atomic E-state index is -0.763. The number of para-hydroxylation sites is 1. The first-order chi connectivity index (χ1) is 16.4. The number of rotatable bonds is 7. The van der Waals surface area contributed by atoms with Crippen LogP contribution in [0.3, 0.4) is 0 Å². The van der Waals surface area contributed by atoms with E-state index >= 15 is 0 Å². The number of nitrogens with one attached hydrogen (secondary N) is 1. The Kier molecular flexibility index (Phi) is 7.62. The van der Waals surface area contributed by atoms with E-state index in [0.29, 0.717) is 21.2 Å². The van der Waals surface area contributed by atoms with Gasteiger partial charge in [0.05, 0.1) is 11.2 Å². The third-order valence-corrected chi connectivity index (χ3v) is 6.90. The van der Waals surface area contributed by atoms with Gasteiger partial charge in [-0.1, -0.05) is 57.9 Å². The van der Waals surface area contributed by atoms with Gasteiger partial charge < -0.3 is 9.47 Å². The molecule has 1 N–H and O–H groups in total. The van der Waals surface area contributed by atoms with E-state index in [1.54, 1.807) is 43.3 Å². The van der Waals surface area contributed by atoms with Crippen molar-refractivity contribution in [3.63, 3.8) is 0 Å². The van der Waals surface area contributed by atoms with E-state index in [2.05, 4.69) is 26.5 Å². The molecule has 1 atom stereocenters. The van der Waals surface area contributed by atoms with Crippen LogP contribution in [0.2, 0.25) is 5.02 Å². The number of esters is 1. The highest BCUT2D eigenvalue weighted by atomic mass is 79.9. The zero-order valence-corrected chi connectivity index (χ0v) is 21.0. The average molecular weight is 558 g/mol. The molecule has 6 nitrogen and oxygen atoms in total. The highest BCUT2D eigenvalue weighted by molar-refractivity contribution is 9.10. The van der Waals surface area contributed by atoms with Gasteiger partial charge in [-0.3, -0.25) is 4.79 Å². The quantitative estimate of drug-likeness (QED) is 0.123. The third kappa shape index (κ3) is 5.64. The molecule has 0 aliphatic carbocycles. The number of nitrogens with zero attached hydrogens (tertiary/aromatic N) is 1. The van der Waals surface area contributed by atoms with Crippen molar-refractivity contribution in [2.24, 2.45) is 5.10 Å². The lowest BCUT2D eigenvalue weighted by molar-refractivity contribution is -0.127. The van der Waals surface area contributed by atoms with Crippen LogP contribution in [0.1, 0.15) is 22.2 Å². The second kappa shape index (κ2) is 10.8. The summed E-state index contributed by atoms with van der Waals surface area (Å²) in [5.74, 6) is -0.136. The second-order valence-corrected chi connectivity index (χ2v) is 9.46. The molecule has 0 saturated carbocycles. The van der Waals surface area contributed by atoms with E-state index in [1.807, 2.05) is 36.4 Å². The first-order valence-corrected chi connectivity index (χ1v) is 12.1. The van der Waals surface area contributed by atoms with Crippen LogP contribution in [-0.2, 0) is 4.79 Å². The Labute approximate surface area is 213 Å². The molecule has 4 rings (SSSR count). The summed E-state index contributed by atoms with van der Waals surface area (Å²) in [7, 11) is 0. The van der Waals surface area contributed by atoms with Crippen LogP contribution in [0.25, 0.3) is 10.1 Å². The van der Waals surface area contributed by atoms with E-state index < -0.39 is 18.0 Å². The van der Waals surface area contributed by atoms with Gasteiger partial charge in [0.15, 0.2) is 6.10 Å². The molecule has 0 fully saturated rings. The average Bonchev–Trinajstić information content (AvgIpc) is 3.18. The highest BCUT2D eigenvalue weighted by Gasteiger charge is 2.20. The molecule has 3 aromatic carbocycles. The van der Waals surface area contributed by atoms with Gasteiger partial charge in [-0.25, -0.2) is 10.2 Å². The van der Waals surface area contributed by atoms with Crippen molar-refractivity contribution < 1.29 is 19.1 Å². The van der Waals surface area contributed by atoms with Crippen molar-refractivity contribution in [2.75, 3.05) is 0 Å². The Balaban J connectivity index is 1.41. The van der Waals surface area contributed by atoms with Crippen LogP contribution in [0.15, 0.2) is 82.4 Å². The number of carbonyl (C=O) groups is 2. The summed E-state index contributed by atoms with van der Waals surface area (Å²) in [5, 5.41) is 5.15. The number of hydrogen-bond donors (Lipinski definition) is 1. The zero-order chi connectivity index (χ0) is 24.1. The van der Waals surface area contributed by atoms with Crippen molar-refractivity contribution in [1.29, 1.82) is 0 Å². The maximum atomic E-state index is 12.8. The first-order valence-electron chi connectivity index (χ1n) is 10.2. The fourth-order valence-corrected chi connectivity index (χ4v) is 4.65. The number of amides is 1. The van der Waals surface area contributed by atoms with E-state index in [4.69, 9.17) is 21.1 Å². The molecule has 34 heavy (non-hydrogen) atoms. The van der Waals surface area contributed by atoms with Gasteiger partial charge in [-0.05, 0) is 49.4 Å². The van der Waals surface area contributed by atoms with Gasteiger partial charge in [-0.15, -0.1) is 11.3 Å². The lowest BCUT2D eigenvalue weighted by atomic mass is 10.2. The summed E-state index contributed by atoms with van der Waals surface area (Å²) in [6, 6.07) is 21.5. The molecule has 0 spiro atoms. The smallest absolute Gasteiger partial charge is 0.355 e. The molecule has 1 unspecified atom stereocenters. The minimum absolute atomic E-state index is 0.290. The van der Waals surface area contributed by atoms with Crippen molar-refractivity contribution in [3.8, 4) is 11.5 Å². The molecule has 0 bridgehead atoms. The molecule has 0 radical (unpaired) electrons.